The number of nitrogens with zero attached hydrogens (tertiary/aromatic N) is 1. The summed E-state index contributed by atoms with van der Waals surface area (Å²) in [5.74, 6) is 0.359. The van der Waals surface area contributed by atoms with Crippen molar-refractivity contribution >= 4 is 5.91 Å². The Morgan fingerprint density at radius 3 is 2.50 bits per heavy atom. The first-order valence-corrected chi connectivity index (χ1v) is 7.09. The highest BCUT2D eigenvalue weighted by atomic mass is 16.5. The SMILES string of the molecule is NC(=O)c1ccc(OC2CCN(CCCO)CC2)cc1. The van der Waals surface area contributed by atoms with Crippen molar-refractivity contribution in [3.05, 3.63) is 29.8 Å². The van der Waals surface area contributed by atoms with E-state index >= 15 is 0 Å². The predicted molar refractivity (Wildman–Crippen MR) is 76.8 cm³/mol. The summed E-state index contributed by atoms with van der Waals surface area (Å²) < 4.78 is 5.91. The fraction of sp³-hybridized carbons (Fsp3) is 0.533. The molecule has 0 aliphatic carbocycles. The van der Waals surface area contributed by atoms with Gasteiger partial charge in [-0.2, -0.15) is 0 Å². The zero-order valence-corrected chi connectivity index (χ0v) is 11.6. The molecule has 1 amide bonds. The van der Waals surface area contributed by atoms with Gasteiger partial charge in [0.2, 0.25) is 5.91 Å². The van der Waals surface area contributed by atoms with Crippen molar-refractivity contribution in [3.8, 4) is 5.75 Å². The van der Waals surface area contributed by atoms with Gasteiger partial charge in [0.25, 0.3) is 0 Å². The first-order valence-electron chi connectivity index (χ1n) is 7.09. The number of hydrogen-bond donors (Lipinski definition) is 2. The van der Waals surface area contributed by atoms with Gasteiger partial charge >= 0.3 is 0 Å². The van der Waals surface area contributed by atoms with E-state index in [2.05, 4.69) is 4.90 Å². The van der Waals surface area contributed by atoms with Gasteiger partial charge in [0.1, 0.15) is 11.9 Å². The summed E-state index contributed by atoms with van der Waals surface area (Å²) in [5.41, 5.74) is 5.70. The summed E-state index contributed by atoms with van der Waals surface area (Å²) in [4.78, 5) is 13.3. The molecule has 1 aliphatic rings. The molecular weight excluding hydrogens is 256 g/mol. The Labute approximate surface area is 119 Å². The molecule has 1 aliphatic heterocycles. The van der Waals surface area contributed by atoms with Gasteiger partial charge in [0.15, 0.2) is 0 Å². The number of carbonyl (C=O) groups is 1. The molecule has 0 unspecified atom stereocenters. The van der Waals surface area contributed by atoms with Crippen LogP contribution in [0, 0.1) is 0 Å². The molecule has 1 aromatic carbocycles. The van der Waals surface area contributed by atoms with Crippen LogP contribution in [0.4, 0.5) is 0 Å². The smallest absolute Gasteiger partial charge is 0.248 e. The van der Waals surface area contributed by atoms with Crippen molar-refractivity contribution in [2.45, 2.75) is 25.4 Å². The number of likely N-dealkylation sites (tertiary alicyclic amines) is 1. The molecule has 0 aromatic heterocycles. The normalized spacial score (nSPS) is 17.1. The van der Waals surface area contributed by atoms with Crippen molar-refractivity contribution in [1.29, 1.82) is 0 Å². The Morgan fingerprint density at radius 2 is 1.95 bits per heavy atom. The van der Waals surface area contributed by atoms with Crippen molar-refractivity contribution < 1.29 is 14.6 Å². The zero-order valence-electron chi connectivity index (χ0n) is 11.6. The predicted octanol–water partition coefficient (Wildman–Crippen LogP) is 1.01. The number of amides is 1. The third kappa shape index (κ3) is 4.21. The van der Waals surface area contributed by atoms with Crippen molar-refractivity contribution in [1.82, 2.24) is 4.90 Å². The molecule has 20 heavy (non-hydrogen) atoms. The molecule has 1 saturated heterocycles. The molecule has 3 N–H and O–H groups in total. The second-order valence-corrected chi connectivity index (χ2v) is 5.12. The molecule has 110 valence electrons. The lowest BCUT2D eigenvalue weighted by Gasteiger charge is -2.32. The van der Waals surface area contributed by atoms with Crippen LogP contribution in [0.3, 0.4) is 0 Å². The highest BCUT2D eigenvalue weighted by Crippen LogP contribution is 2.19. The van der Waals surface area contributed by atoms with Gasteiger partial charge in [-0.25, -0.2) is 0 Å². The van der Waals surface area contributed by atoms with Gasteiger partial charge in [-0.1, -0.05) is 0 Å². The van der Waals surface area contributed by atoms with Gasteiger partial charge in [-0.05, 0) is 43.5 Å². The van der Waals surface area contributed by atoms with E-state index < -0.39 is 5.91 Å². The van der Waals surface area contributed by atoms with Crippen molar-refractivity contribution in [3.63, 3.8) is 0 Å². The summed E-state index contributed by atoms with van der Waals surface area (Å²) in [7, 11) is 0. The van der Waals surface area contributed by atoms with Crippen LogP contribution in [0.25, 0.3) is 0 Å². The zero-order chi connectivity index (χ0) is 14.4. The molecule has 0 spiro atoms. The summed E-state index contributed by atoms with van der Waals surface area (Å²) in [5, 5.41) is 8.82. The number of carbonyl (C=O) groups excluding carboxylic acids is 1. The largest absolute Gasteiger partial charge is 0.490 e. The van der Waals surface area contributed by atoms with Crippen LogP contribution in [0.2, 0.25) is 0 Å². The van der Waals surface area contributed by atoms with Gasteiger partial charge in [-0.15, -0.1) is 0 Å². The van der Waals surface area contributed by atoms with E-state index in [0.29, 0.717) is 5.56 Å². The second kappa shape index (κ2) is 7.26. The number of ether oxygens (including phenoxy) is 1. The Balaban J connectivity index is 1.79. The lowest BCUT2D eigenvalue weighted by atomic mass is 10.1. The average molecular weight is 278 g/mol. The molecule has 2 rings (SSSR count). The molecule has 0 atom stereocenters. The Morgan fingerprint density at radius 1 is 1.30 bits per heavy atom. The van der Waals surface area contributed by atoms with Crippen LogP contribution in [-0.4, -0.2) is 48.3 Å². The van der Waals surface area contributed by atoms with E-state index in [9.17, 15) is 4.79 Å². The maximum atomic E-state index is 11.0. The minimum Gasteiger partial charge on any atom is -0.490 e. The number of piperidine rings is 1. The number of primary amides is 1. The fourth-order valence-electron chi connectivity index (χ4n) is 2.44. The number of benzene rings is 1. The molecule has 5 heteroatoms. The minimum absolute atomic E-state index is 0.222. The van der Waals surface area contributed by atoms with E-state index in [-0.39, 0.29) is 12.7 Å². The molecule has 1 aromatic rings. The third-order valence-electron chi connectivity index (χ3n) is 3.61. The summed E-state index contributed by atoms with van der Waals surface area (Å²) in [6, 6.07) is 6.96. The molecule has 1 heterocycles. The monoisotopic (exact) mass is 278 g/mol. The number of aliphatic hydroxyl groups excluding tert-OH is 1. The van der Waals surface area contributed by atoms with E-state index in [0.717, 1.165) is 44.6 Å². The fourth-order valence-corrected chi connectivity index (χ4v) is 2.44. The molecular formula is C15H22N2O3. The van der Waals surface area contributed by atoms with E-state index in [1.165, 1.54) is 0 Å². The van der Waals surface area contributed by atoms with Crippen LogP contribution >= 0.6 is 0 Å². The van der Waals surface area contributed by atoms with Gasteiger partial charge < -0.3 is 20.5 Å². The van der Waals surface area contributed by atoms with Crippen molar-refractivity contribution in [2.24, 2.45) is 5.73 Å². The first-order chi connectivity index (χ1) is 9.69. The van der Waals surface area contributed by atoms with Crippen LogP contribution in [0.15, 0.2) is 24.3 Å². The second-order valence-electron chi connectivity index (χ2n) is 5.12. The van der Waals surface area contributed by atoms with Gasteiger partial charge in [0, 0.05) is 31.8 Å². The van der Waals surface area contributed by atoms with E-state index in [4.69, 9.17) is 15.6 Å². The number of aliphatic hydroxyl groups is 1. The maximum Gasteiger partial charge on any atom is 0.248 e. The Hall–Kier alpha value is -1.59. The number of rotatable bonds is 6. The quantitative estimate of drug-likeness (QED) is 0.814. The molecule has 0 radical (unpaired) electrons. The molecule has 0 saturated carbocycles. The number of hydrogen-bond acceptors (Lipinski definition) is 4. The maximum absolute atomic E-state index is 11.0. The lowest BCUT2D eigenvalue weighted by molar-refractivity contribution is 0.0963. The van der Waals surface area contributed by atoms with Crippen LogP contribution < -0.4 is 10.5 Å². The highest BCUT2D eigenvalue weighted by Gasteiger charge is 2.20. The van der Waals surface area contributed by atoms with Crippen molar-refractivity contribution in [2.75, 3.05) is 26.2 Å². The third-order valence-corrected chi connectivity index (χ3v) is 3.61. The van der Waals surface area contributed by atoms with Crippen LogP contribution in [0.1, 0.15) is 29.6 Å². The van der Waals surface area contributed by atoms with E-state index in [1.807, 2.05) is 0 Å². The summed E-state index contributed by atoms with van der Waals surface area (Å²) in [6.07, 6.45) is 3.03. The average Bonchev–Trinajstić information content (AvgIpc) is 2.47. The molecule has 5 nitrogen and oxygen atoms in total. The van der Waals surface area contributed by atoms with Gasteiger partial charge in [0.05, 0.1) is 0 Å². The standard InChI is InChI=1S/C15H22N2O3/c16-15(19)12-2-4-13(5-3-12)20-14-6-9-17(10-7-14)8-1-11-18/h2-5,14,18H,1,6-11H2,(H2,16,19). The summed E-state index contributed by atoms with van der Waals surface area (Å²) >= 11 is 0. The van der Waals surface area contributed by atoms with Crippen LogP contribution in [0.5, 0.6) is 5.75 Å². The lowest BCUT2D eigenvalue weighted by Crippen LogP contribution is -2.38. The van der Waals surface area contributed by atoms with Crippen LogP contribution in [-0.2, 0) is 0 Å². The van der Waals surface area contributed by atoms with Gasteiger partial charge in [-0.3, -0.25) is 4.79 Å². The van der Waals surface area contributed by atoms with E-state index in [1.54, 1.807) is 24.3 Å². The Bertz CT molecular complexity index is 425. The minimum atomic E-state index is -0.422. The highest BCUT2D eigenvalue weighted by molar-refractivity contribution is 5.92. The summed E-state index contributed by atoms with van der Waals surface area (Å²) in [6.45, 7) is 3.22. The number of nitrogens with two attached hydrogens (primary N) is 1. The first kappa shape index (κ1) is 14.8. The molecule has 1 fully saturated rings. The topological polar surface area (TPSA) is 75.8 Å². The molecule has 0 bridgehead atoms. The Kier molecular flexibility index (Phi) is 5.38.